The highest BCUT2D eigenvalue weighted by atomic mass is 32.2. The van der Waals surface area contributed by atoms with Crippen molar-refractivity contribution in [3.8, 4) is 0 Å². The third kappa shape index (κ3) is 9.23. The predicted octanol–water partition coefficient (Wildman–Crippen LogP) is 4.76. The summed E-state index contributed by atoms with van der Waals surface area (Å²) < 4.78 is 34.0. The average molecular weight is 439 g/mol. The van der Waals surface area contributed by atoms with E-state index in [9.17, 15) is 18.0 Å². The first-order valence-electron chi connectivity index (χ1n) is 9.38. The Morgan fingerprint density at radius 1 is 1.17 bits per heavy atom. The van der Waals surface area contributed by atoms with Crippen LogP contribution < -0.4 is 0 Å². The minimum atomic E-state index is -3.49. The van der Waals surface area contributed by atoms with Crippen LogP contribution in [-0.2, 0) is 24.1 Å². The van der Waals surface area contributed by atoms with Gasteiger partial charge < -0.3 is 9.47 Å². The molecule has 1 aromatic rings. The first-order valence-corrected chi connectivity index (χ1v) is 14.6. The van der Waals surface area contributed by atoms with E-state index in [0.29, 0.717) is 24.5 Å². The van der Waals surface area contributed by atoms with Crippen molar-refractivity contribution in [1.82, 2.24) is 0 Å². The summed E-state index contributed by atoms with van der Waals surface area (Å²) in [6.45, 7) is 10.4. The Morgan fingerprint density at radius 3 is 2.34 bits per heavy atom. The summed E-state index contributed by atoms with van der Waals surface area (Å²) in [6, 6.07) is 8.78. The van der Waals surface area contributed by atoms with Gasteiger partial charge in [0, 0.05) is 19.9 Å². The number of sulfone groups is 1. The lowest BCUT2D eigenvalue weighted by Gasteiger charge is -2.23. The van der Waals surface area contributed by atoms with E-state index in [1.165, 1.54) is 25.3 Å². The molecule has 0 amide bonds. The lowest BCUT2D eigenvalue weighted by Crippen LogP contribution is -2.32. The van der Waals surface area contributed by atoms with Crippen LogP contribution in [0.25, 0.3) is 0 Å². The molecule has 1 rings (SSSR count). The fourth-order valence-corrected chi connectivity index (χ4v) is 5.33. The fourth-order valence-electron chi connectivity index (χ4n) is 2.70. The van der Waals surface area contributed by atoms with Crippen LogP contribution in [0.5, 0.6) is 0 Å². The van der Waals surface area contributed by atoms with E-state index in [-0.39, 0.29) is 17.1 Å². The smallest absolute Gasteiger partial charge is 0.438 e. The number of allylic oxidation sites excluding steroid dienone is 1. The van der Waals surface area contributed by atoms with Gasteiger partial charge in [-0.25, -0.2) is 13.2 Å². The molecule has 0 fully saturated rings. The number of benzene rings is 1. The number of ether oxygens (including phenoxy) is 2. The molecule has 0 saturated carbocycles. The van der Waals surface area contributed by atoms with Crippen LogP contribution in [0.1, 0.15) is 19.3 Å². The zero-order valence-corrected chi connectivity index (χ0v) is 19.3. The van der Waals surface area contributed by atoms with Gasteiger partial charge >= 0.3 is 6.16 Å². The predicted molar refractivity (Wildman–Crippen MR) is 116 cm³/mol. The first kappa shape index (κ1) is 24.8. The summed E-state index contributed by atoms with van der Waals surface area (Å²) in [5.74, 6) is -0.266. The lowest BCUT2D eigenvalue weighted by atomic mass is 10.0. The van der Waals surface area contributed by atoms with Crippen LogP contribution >= 0.6 is 0 Å². The van der Waals surface area contributed by atoms with Gasteiger partial charge in [-0.3, -0.25) is 4.79 Å². The van der Waals surface area contributed by atoms with E-state index in [4.69, 9.17) is 4.74 Å². The van der Waals surface area contributed by atoms with Crippen molar-refractivity contribution in [2.75, 3.05) is 7.11 Å². The van der Waals surface area contributed by atoms with Gasteiger partial charge in [0.15, 0.2) is 21.7 Å². The Kier molecular flexibility index (Phi) is 9.52. The normalized spacial score (nSPS) is 13.1. The van der Waals surface area contributed by atoms with Gasteiger partial charge in [0.05, 0.1) is 12.0 Å². The molecule has 1 aromatic carbocycles. The second-order valence-corrected chi connectivity index (χ2v) is 15.2. The molecular weight excluding hydrogens is 408 g/mol. The molecule has 6 nitrogen and oxygen atoms in total. The van der Waals surface area contributed by atoms with Crippen LogP contribution in [0, 0.1) is 0 Å². The van der Waals surface area contributed by atoms with Crippen molar-refractivity contribution in [3.63, 3.8) is 0 Å². The highest BCUT2D eigenvalue weighted by Gasteiger charge is 2.29. The van der Waals surface area contributed by atoms with Crippen molar-refractivity contribution in [2.45, 2.75) is 55.9 Å². The van der Waals surface area contributed by atoms with Gasteiger partial charge in [-0.1, -0.05) is 50.5 Å². The molecule has 160 valence electrons. The third-order valence-corrected chi connectivity index (χ3v) is 6.94. The number of carbonyl (C=O) groups is 2. The zero-order chi connectivity index (χ0) is 22.1. The summed E-state index contributed by atoms with van der Waals surface area (Å²) in [5, 5.41) is 1.15. The molecule has 0 saturated heterocycles. The number of hydrogen-bond acceptors (Lipinski definition) is 6. The SMILES string of the molecule is C=C(C[Si](C)(C)C)C(OC(=O)OC)C(=O)CCC/C=C/S(=O)(=O)c1ccccc1. The molecule has 0 heterocycles. The Labute approximate surface area is 174 Å². The van der Waals surface area contributed by atoms with Crippen LogP contribution in [0.15, 0.2) is 58.9 Å². The second-order valence-electron chi connectivity index (χ2n) is 7.94. The Balaban J connectivity index is 2.66. The topological polar surface area (TPSA) is 86.7 Å². The molecule has 0 aliphatic rings. The number of unbranched alkanes of at least 4 members (excludes halogenated alkanes) is 1. The largest absolute Gasteiger partial charge is 0.509 e. The second kappa shape index (κ2) is 11.1. The number of hydrogen-bond donors (Lipinski definition) is 0. The molecule has 1 atom stereocenters. The molecule has 29 heavy (non-hydrogen) atoms. The van der Waals surface area contributed by atoms with E-state index in [1.807, 2.05) is 0 Å². The zero-order valence-electron chi connectivity index (χ0n) is 17.5. The van der Waals surface area contributed by atoms with Crippen LogP contribution in [0.4, 0.5) is 4.79 Å². The summed E-state index contributed by atoms with van der Waals surface area (Å²) >= 11 is 0. The van der Waals surface area contributed by atoms with Crippen molar-refractivity contribution in [3.05, 3.63) is 54.0 Å². The standard InChI is InChI=1S/C21H30O6SSi/c1-17(16-29(3,4)5)20(27-21(23)26-2)19(22)14-10-7-11-15-28(24,25)18-12-8-6-9-13-18/h6,8-9,11-13,15,20H,1,7,10,14,16H2,2-5H3/b15-11+. The van der Waals surface area contributed by atoms with E-state index >= 15 is 0 Å². The third-order valence-electron chi connectivity index (χ3n) is 3.94. The number of Topliss-reactive ketones (excluding diaryl/α,β-unsaturated/α-hetero) is 1. The first-order chi connectivity index (χ1) is 13.5. The lowest BCUT2D eigenvalue weighted by molar-refractivity contribution is -0.126. The summed E-state index contributed by atoms with van der Waals surface area (Å²) in [5.41, 5.74) is 0.571. The molecule has 0 radical (unpaired) electrons. The highest BCUT2D eigenvalue weighted by molar-refractivity contribution is 7.94. The molecule has 8 heteroatoms. The average Bonchev–Trinajstić information content (AvgIpc) is 2.64. The minimum Gasteiger partial charge on any atom is -0.438 e. The number of rotatable bonds is 11. The number of methoxy groups -OCH3 is 1. The molecule has 0 aliphatic heterocycles. The van der Waals surface area contributed by atoms with Crippen LogP contribution in [0.3, 0.4) is 0 Å². The summed E-state index contributed by atoms with van der Waals surface area (Å²) in [6.07, 6.45) is 0.551. The minimum absolute atomic E-state index is 0.141. The Morgan fingerprint density at radius 2 is 1.79 bits per heavy atom. The van der Waals surface area contributed by atoms with Crippen LogP contribution in [0.2, 0.25) is 25.7 Å². The molecule has 0 spiro atoms. The van der Waals surface area contributed by atoms with E-state index < -0.39 is 30.2 Å². The van der Waals surface area contributed by atoms with E-state index in [0.717, 1.165) is 5.41 Å². The Bertz CT molecular complexity index is 838. The maximum absolute atomic E-state index is 12.6. The van der Waals surface area contributed by atoms with Crippen molar-refractivity contribution in [2.24, 2.45) is 0 Å². The van der Waals surface area contributed by atoms with Gasteiger partial charge in [0.2, 0.25) is 0 Å². The number of ketones is 1. The van der Waals surface area contributed by atoms with Gasteiger partial charge in [-0.05, 0) is 36.6 Å². The maximum atomic E-state index is 12.6. The molecule has 0 N–H and O–H groups in total. The van der Waals surface area contributed by atoms with Gasteiger partial charge in [0.1, 0.15) is 0 Å². The van der Waals surface area contributed by atoms with Crippen molar-refractivity contribution < 1.29 is 27.5 Å². The number of carbonyl (C=O) groups excluding carboxylic acids is 2. The summed E-state index contributed by atoms with van der Waals surface area (Å²) in [7, 11) is -3.86. The van der Waals surface area contributed by atoms with Crippen LogP contribution in [-0.4, -0.2) is 41.6 Å². The quantitative estimate of drug-likeness (QED) is 0.214. The van der Waals surface area contributed by atoms with E-state index in [1.54, 1.807) is 18.2 Å². The van der Waals surface area contributed by atoms with Gasteiger partial charge in [0.25, 0.3) is 0 Å². The highest BCUT2D eigenvalue weighted by Crippen LogP contribution is 2.22. The van der Waals surface area contributed by atoms with Gasteiger partial charge in [-0.15, -0.1) is 0 Å². The fraction of sp³-hybridized carbons (Fsp3) is 0.429. The monoisotopic (exact) mass is 438 g/mol. The molecule has 0 aromatic heterocycles. The molecule has 0 aliphatic carbocycles. The van der Waals surface area contributed by atoms with E-state index in [2.05, 4.69) is 31.0 Å². The molecule has 0 bridgehead atoms. The molecule has 1 unspecified atom stereocenters. The Hall–Kier alpha value is -2.19. The summed E-state index contributed by atoms with van der Waals surface area (Å²) in [4.78, 5) is 24.3. The van der Waals surface area contributed by atoms with Crippen molar-refractivity contribution >= 4 is 29.8 Å². The van der Waals surface area contributed by atoms with Gasteiger partial charge in [-0.2, -0.15) is 0 Å². The maximum Gasteiger partial charge on any atom is 0.509 e. The molecular formula is C21H30O6SSi. The van der Waals surface area contributed by atoms with Crippen molar-refractivity contribution in [1.29, 1.82) is 0 Å².